The van der Waals surface area contributed by atoms with Gasteiger partial charge in [-0.1, -0.05) is 45.0 Å². The van der Waals surface area contributed by atoms with Crippen molar-refractivity contribution >= 4 is 17.5 Å². The van der Waals surface area contributed by atoms with Crippen molar-refractivity contribution in [1.82, 2.24) is 5.32 Å². The smallest absolute Gasteiger partial charge is 0.258 e. The number of aryl methyl sites for hydroxylation is 1. The lowest BCUT2D eigenvalue weighted by Gasteiger charge is -2.10. The molecule has 5 heteroatoms. The second kappa shape index (κ2) is 9.61. The molecule has 2 N–H and O–H groups in total. The Morgan fingerprint density at radius 1 is 0.962 bits per heavy atom. The van der Waals surface area contributed by atoms with Crippen LogP contribution in [0.1, 0.15) is 31.9 Å². The summed E-state index contributed by atoms with van der Waals surface area (Å²) in [5, 5.41) is 5.65. The highest BCUT2D eigenvalue weighted by atomic mass is 16.5. The van der Waals surface area contributed by atoms with E-state index in [1.165, 1.54) is 5.56 Å². The van der Waals surface area contributed by atoms with Gasteiger partial charge < -0.3 is 15.4 Å². The van der Waals surface area contributed by atoms with E-state index in [2.05, 4.69) is 17.6 Å². The van der Waals surface area contributed by atoms with E-state index < -0.39 is 0 Å². The number of carbonyl (C=O) groups is 2. The minimum absolute atomic E-state index is 0.0184. The van der Waals surface area contributed by atoms with Crippen LogP contribution in [0.15, 0.2) is 48.5 Å². The molecular formula is C21H26N2O3. The highest BCUT2D eigenvalue weighted by Crippen LogP contribution is 2.13. The predicted molar refractivity (Wildman–Crippen MR) is 103 cm³/mol. The van der Waals surface area contributed by atoms with Gasteiger partial charge >= 0.3 is 0 Å². The van der Waals surface area contributed by atoms with Gasteiger partial charge in [-0.3, -0.25) is 9.59 Å². The van der Waals surface area contributed by atoms with Gasteiger partial charge in [0, 0.05) is 18.2 Å². The number of benzene rings is 2. The molecular weight excluding hydrogens is 328 g/mol. The average Bonchev–Trinajstić information content (AvgIpc) is 2.66. The molecule has 0 aliphatic heterocycles. The van der Waals surface area contributed by atoms with Gasteiger partial charge in [0.1, 0.15) is 5.75 Å². The van der Waals surface area contributed by atoms with Crippen molar-refractivity contribution < 1.29 is 14.3 Å². The number of rotatable bonds is 8. The molecule has 0 saturated carbocycles. The molecule has 2 amide bonds. The van der Waals surface area contributed by atoms with Gasteiger partial charge in [0.15, 0.2) is 6.61 Å². The van der Waals surface area contributed by atoms with E-state index >= 15 is 0 Å². The summed E-state index contributed by atoms with van der Waals surface area (Å²) in [7, 11) is 0. The summed E-state index contributed by atoms with van der Waals surface area (Å²) >= 11 is 0. The fraction of sp³-hybridized carbons (Fsp3) is 0.333. The summed E-state index contributed by atoms with van der Waals surface area (Å²) in [5.74, 6) is 0.423. The summed E-state index contributed by atoms with van der Waals surface area (Å²) in [6.07, 6.45) is 0.973. The van der Waals surface area contributed by atoms with Crippen molar-refractivity contribution in [2.75, 3.05) is 11.9 Å². The first-order valence-corrected chi connectivity index (χ1v) is 8.86. The van der Waals surface area contributed by atoms with Crippen molar-refractivity contribution in [2.45, 2.75) is 33.7 Å². The molecule has 0 heterocycles. The number of nitrogens with one attached hydrogen (secondary N) is 2. The van der Waals surface area contributed by atoms with Crippen molar-refractivity contribution in [2.24, 2.45) is 5.92 Å². The normalized spacial score (nSPS) is 10.5. The van der Waals surface area contributed by atoms with Crippen LogP contribution in [0.25, 0.3) is 0 Å². The zero-order chi connectivity index (χ0) is 18.9. The molecule has 0 aliphatic carbocycles. The van der Waals surface area contributed by atoms with Gasteiger partial charge in [-0.05, 0) is 41.8 Å². The maximum atomic E-state index is 11.9. The molecule has 2 aromatic carbocycles. The molecule has 0 bridgehead atoms. The van der Waals surface area contributed by atoms with Gasteiger partial charge in [-0.2, -0.15) is 0 Å². The van der Waals surface area contributed by atoms with E-state index in [-0.39, 0.29) is 24.3 Å². The van der Waals surface area contributed by atoms with Crippen molar-refractivity contribution in [3.05, 3.63) is 59.7 Å². The molecule has 0 unspecified atom stereocenters. The Morgan fingerprint density at radius 2 is 1.58 bits per heavy atom. The van der Waals surface area contributed by atoms with E-state index in [1.807, 2.05) is 62.4 Å². The average molecular weight is 354 g/mol. The lowest BCUT2D eigenvalue weighted by Crippen LogP contribution is -2.28. The molecule has 0 aromatic heterocycles. The van der Waals surface area contributed by atoms with Crippen LogP contribution in [0, 0.1) is 5.92 Å². The third-order valence-electron chi connectivity index (χ3n) is 3.94. The predicted octanol–water partition coefficient (Wildman–Crippen LogP) is 3.54. The minimum atomic E-state index is -0.179. The number of hydrogen-bond donors (Lipinski definition) is 2. The third kappa shape index (κ3) is 6.24. The summed E-state index contributed by atoms with van der Waals surface area (Å²) in [4.78, 5) is 23.6. The highest BCUT2D eigenvalue weighted by molar-refractivity contribution is 5.92. The Balaban J connectivity index is 1.75. The molecule has 0 fully saturated rings. The number of carbonyl (C=O) groups excluding carboxylic acids is 2. The number of amides is 2. The lowest BCUT2D eigenvalue weighted by molar-refractivity contribution is -0.123. The van der Waals surface area contributed by atoms with Crippen molar-refractivity contribution in [3.8, 4) is 5.75 Å². The Kier molecular flexibility index (Phi) is 7.21. The molecule has 2 aromatic rings. The monoisotopic (exact) mass is 354 g/mol. The van der Waals surface area contributed by atoms with Gasteiger partial charge in [0.2, 0.25) is 5.91 Å². The van der Waals surface area contributed by atoms with Crippen LogP contribution in [-0.4, -0.2) is 18.4 Å². The molecule has 5 nitrogen and oxygen atoms in total. The SMILES string of the molecule is CCc1ccc(OCC(=O)NCc2ccc(NC(=O)C(C)C)cc2)cc1. The van der Waals surface area contributed by atoms with Gasteiger partial charge in [0.25, 0.3) is 5.91 Å². The zero-order valence-corrected chi connectivity index (χ0v) is 15.5. The number of ether oxygens (including phenoxy) is 1. The van der Waals surface area contributed by atoms with Crippen LogP contribution < -0.4 is 15.4 Å². The maximum absolute atomic E-state index is 11.9. The van der Waals surface area contributed by atoms with Crippen LogP contribution in [0.4, 0.5) is 5.69 Å². The molecule has 0 saturated heterocycles. The molecule has 0 spiro atoms. The minimum Gasteiger partial charge on any atom is -0.484 e. The Bertz CT molecular complexity index is 722. The van der Waals surface area contributed by atoms with Gasteiger partial charge in [-0.25, -0.2) is 0 Å². The van der Waals surface area contributed by atoms with Gasteiger partial charge in [0.05, 0.1) is 0 Å². The lowest BCUT2D eigenvalue weighted by atomic mass is 10.1. The standard InChI is InChI=1S/C21H26N2O3/c1-4-16-7-11-19(12-8-16)26-14-20(24)22-13-17-5-9-18(10-6-17)23-21(25)15(2)3/h5-12,15H,4,13-14H2,1-3H3,(H,22,24)(H,23,25). The Morgan fingerprint density at radius 3 is 2.15 bits per heavy atom. The molecule has 138 valence electrons. The van der Waals surface area contributed by atoms with E-state index in [1.54, 1.807) is 0 Å². The number of anilines is 1. The van der Waals surface area contributed by atoms with Crippen LogP contribution in [-0.2, 0) is 22.6 Å². The Hall–Kier alpha value is -2.82. The van der Waals surface area contributed by atoms with Crippen LogP contribution in [0.2, 0.25) is 0 Å². The molecule has 0 atom stereocenters. The fourth-order valence-electron chi connectivity index (χ4n) is 2.21. The second-order valence-electron chi connectivity index (χ2n) is 6.40. The highest BCUT2D eigenvalue weighted by Gasteiger charge is 2.07. The second-order valence-corrected chi connectivity index (χ2v) is 6.40. The first kappa shape index (κ1) is 19.5. The molecule has 2 rings (SSSR count). The van der Waals surface area contributed by atoms with E-state index in [0.29, 0.717) is 12.3 Å². The fourth-order valence-corrected chi connectivity index (χ4v) is 2.21. The quantitative estimate of drug-likeness (QED) is 0.762. The van der Waals surface area contributed by atoms with E-state index in [9.17, 15) is 9.59 Å². The molecule has 26 heavy (non-hydrogen) atoms. The largest absolute Gasteiger partial charge is 0.484 e. The molecule has 0 aliphatic rings. The topological polar surface area (TPSA) is 67.4 Å². The maximum Gasteiger partial charge on any atom is 0.258 e. The molecule has 0 radical (unpaired) electrons. The summed E-state index contributed by atoms with van der Waals surface area (Å²) in [6.45, 7) is 6.18. The van der Waals surface area contributed by atoms with Crippen molar-refractivity contribution in [3.63, 3.8) is 0 Å². The summed E-state index contributed by atoms with van der Waals surface area (Å²) < 4.78 is 5.48. The third-order valence-corrected chi connectivity index (χ3v) is 3.94. The van der Waals surface area contributed by atoms with Crippen molar-refractivity contribution in [1.29, 1.82) is 0 Å². The summed E-state index contributed by atoms with van der Waals surface area (Å²) in [6, 6.07) is 15.1. The van der Waals surface area contributed by atoms with E-state index in [0.717, 1.165) is 17.7 Å². The van der Waals surface area contributed by atoms with Crippen LogP contribution >= 0.6 is 0 Å². The summed E-state index contributed by atoms with van der Waals surface area (Å²) in [5.41, 5.74) is 2.93. The van der Waals surface area contributed by atoms with Crippen LogP contribution in [0.3, 0.4) is 0 Å². The van der Waals surface area contributed by atoms with Gasteiger partial charge in [-0.15, -0.1) is 0 Å². The Labute approximate surface area is 154 Å². The van der Waals surface area contributed by atoms with E-state index in [4.69, 9.17) is 4.74 Å². The first-order chi connectivity index (χ1) is 12.5. The first-order valence-electron chi connectivity index (χ1n) is 8.86. The zero-order valence-electron chi connectivity index (χ0n) is 15.5. The van der Waals surface area contributed by atoms with Crippen LogP contribution in [0.5, 0.6) is 5.75 Å². The number of hydrogen-bond acceptors (Lipinski definition) is 3.